The third kappa shape index (κ3) is 4.84. The van der Waals surface area contributed by atoms with Crippen LogP contribution >= 0.6 is 12.2 Å². The summed E-state index contributed by atoms with van der Waals surface area (Å²) >= 11 is 4.87. The second-order valence-corrected chi connectivity index (χ2v) is 3.98. The number of rotatable bonds is 2. The van der Waals surface area contributed by atoms with Crippen molar-refractivity contribution in [3.63, 3.8) is 0 Å². The van der Waals surface area contributed by atoms with Crippen molar-refractivity contribution in [1.82, 2.24) is 21.2 Å². The molecular formula is C12H14N4O2S. The molecule has 0 aliphatic rings. The highest BCUT2D eigenvalue weighted by molar-refractivity contribution is 7.80. The summed E-state index contributed by atoms with van der Waals surface area (Å²) < 4.78 is 0. The molecule has 0 atom stereocenters. The SMILES string of the molecule is C/C=C(\C)C(=O)NC(=S)NNC(=O)c1cccnc1. The Balaban J connectivity index is 2.43. The fourth-order valence-corrected chi connectivity index (χ4v) is 1.19. The van der Waals surface area contributed by atoms with Crippen molar-refractivity contribution in [3.8, 4) is 0 Å². The smallest absolute Gasteiger partial charge is 0.271 e. The monoisotopic (exact) mass is 278 g/mol. The maximum absolute atomic E-state index is 11.6. The van der Waals surface area contributed by atoms with Crippen LogP contribution in [0.1, 0.15) is 24.2 Å². The van der Waals surface area contributed by atoms with Crippen LogP contribution in [0.2, 0.25) is 0 Å². The molecule has 0 bridgehead atoms. The van der Waals surface area contributed by atoms with E-state index >= 15 is 0 Å². The number of aromatic nitrogens is 1. The van der Waals surface area contributed by atoms with Gasteiger partial charge in [0.25, 0.3) is 11.8 Å². The van der Waals surface area contributed by atoms with Gasteiger partial charge in [0, 0.05) is 18.0 Å². The lowest BCUT2D eigenvalue weighted by Crippen LogP contribution is -2.48. The minimum atomic E-state index is -0.396. The molecule has 19 heavy (non-hydrogen) atoms. The lowest BCUT2D eigenvalue weighted by molar-refractivity contribution is -0.116. The quantitative estimate of drug-likeness (QED) is 0.421. The molecule has 0 aliphatic heterocycles. The number of pyridine rings is 1. The fourth-order valence-electron chi connectivity index (χ4n) is 1.05. The van der Waals surface area contributed by atoms with E-state index < -0.39 is 5.91 Å². The lowest BCUT2D eigenvalue weighted by Gasteiger charge is -2.10. The highest BCUT2D eigenvalue weighted by Crippen LogP contribution is 1.94. The third-order valence-electron chi connectivity index (χ3n) is 2.23. The Labute approximate surface area is 116 Å². The molecule has 0 radical (unpaired) electrons. The van der Waals surface area contributed by atoms with E-state index in [1.807, 2.05) is 0 Å². The van der Waals surface area contributed by atoms with Crippen LogP contribution in [0.4, 0.5) is 0 Å². The second-order valence-electron chi connectivity index (χ2n) is 3.58. The molecule has 0 aromatic carbocycles. The van der Waals surface area contributed by atoms with E-state index in [0.717, 1.165) is 0 Å². The Morgan fingerprint density at radius 2 is 2.11 bits per heavy atom. The van der Waals surface area contributed by atoms with E-state index in [-0.39, 0.29) is 11.0 Å². The predicted molar refractivity (Wildman–Crippen MR) is 75.0 cm³/mol. The van der Waals surface area contributed by atoms with Gasteiger partial charge in [0.2, 0.25) is 0 Å². The molecule has 1 aromatic heterocycles. The maximum atomic E-state index is 11.6. The molecule has 100 valence electrons. The van der Waals surface area contributed by atoms with Crippen LogP contribution < -0.4 is 16.2 Å². The van der Waals surface area contributed by atoms with Gasteiger partial charge < -0.3 is 0 Å². The van der Waals surface area contributed by atoms with Crippen LogP contribution in [0.15, 0.2) is 36.2 Å². The van der Waals surface area contributed by atoms with Crippen molar-refractivity contribution in [2.75, 3.05) is 0 Å². The summed E-state index contributed by atoms with van der Waals surface area (Å²) in [5, 5.41) is 2.44. The van der Waals surface area contributed by atoms with E-state index in [1.165, 1.54) is 6.20 Å². The van der Waals surface area contributed by atoms with Gasteiger partial charge in [-0.15, -0.1) is 0 Å². The summed E-state index contributed by atoms with van der Waals surface area (Å²) in [6, 6.07) is 3.25. The number of nitrogens with zero attached hydrogens (tertiary/aromatic N) is 1. The highest BCUT2D eigenvalue weighted by atomic mass is 32.1. The average molecular weight is 278 g/mol. The standard InChI is InChI=1S/C12H14N4O2S/c1-3-8(2)10(17)14-12(19)16-15-11(18)9-5-4-6-13-7-9/h3-7H,1-2H3,(H,15,18)(H2,14,16,17,19)/b8-3+. The van der Waals surface area contributed by atoms with Crippen LogP contribution in [0.25, 0.3) is 0 Å². The molecule has 0 unspecified atom stereocenters. The molecule has 1 aromatic rings. The number of allylic oxidation sites excluding steroid dienone is 1. The molecule has 7 heteroatoms. The van der Waals surface area contributed by atoms with Gasteiger partial charge in [0.1, 0.15) is 0 Å². The van der Waals surface area contributed by atoms with E-state index in [2.05, 4.69) is 21.2 Å². The first kappa shape index (κ1) is 14.8. The maximum Gasteiger partial charge on any atom is 0.271 e. The Morgan fingerprint density at radius 3 is 2.68 bits per heavy atom. The van der Waals surface area contributed by atoms with E-state index in [4.69, 9.17) is 12.2 Å². The second kappa shape index (κ2) is 7.22. The van der Waals surface area contributed by atoms with Gasteiger partial charge in [-0.05, 0) is 38.2 Å². The fraction of sp³-hybridized carbons (Fsp3) is 0.167. The van der Waals surface area contributed by atoms with Gasteiger partial charge in [0.15, 0.2) is 5.11 Å². The number of carbonyl (C=O) groups is 2. The van der Waals surface area contributed by atoms with Crippen LogP contribution in [0.5, 0.6) is 0 Å². The largest absolute Gasteiger partial charge is 0.298 e. The zero-order chi connectivity index (χ0) is 14.3. The third-order valence-corrected chi connectivity index (χ3v) is 2.44. The average Bonchev–Trinajstić information content (AvgIpc) is 2.44. The van der Waals surface area contributed by atoms with Crippen LogP contribution in [-0.4, -0.2) is 21.9 Å². The van der Waals surface area contributed by atoms with Crippen molar-refractivity contribution in [1.29, 1.82) is 0 Å². The van der Waals surface area contributed by atoms with Crippen molar-refractivity contribution >= 4 is 29.1 Å². The van der Waals surface area contributed by atoms with Crippen molar-refractivity contribution < 1.29 is 9.59 Å². The van der Waals surface area contributed by atoms with E-state index in [0.29, 0.717) is 11.1 Å². The predicted octanol–water partition coefficient (Wildman–Crippen LogP) is 0.683. The Bertz CT molecular complexity index is 514. The molecule has 1 heterocycles. The summed E-state index contributed by atoms with van der Waals surface area (Å²) in [5.74, 6) is -0.719. The number of amides is 2. The molecule has 2 amide bonds. The van der Waals surface area contributed by atoms with Crippen molar-refractivity contribution in [2.24, 2.45) is 0 Å². The topological polar surface area (TPSA) is 83.1 Å². The lowest BCUT2D eigenvalue weighted by atomic mass is 10.3. The molecule has 0 fully saturated rings. The summed E-state index contributed by atoms with van der Waals surface area (Å²) in [5.41, 5.74) is 5.71. The molecule has 3 N–H and O–H groups in total. The normalized spacial score (nSPS) is 10.5. The van der Waals surface area contributed by atoms with Crippen LogP contribution in [-0.2, 0) is 4.79 Å². The van der Waals surface area contributed by atoms with Crippen LogP contribution in [0.3, 0.4) is 0 Å². The van der Waals surface area contributed by atoms with E-state index in [9.17, 15) is 9.59 Å². The molecular weight excluding hydrogens is 264 g/mol. The first-order chi connectivity index (χ1) is 9.04. The summed E-state index contributed by atoms with van der Waals surface area (Å²) in [7, 11) is 0. The zero-order valence-electron chi connectivity index (χ0n) is 10.6. The zero-order valence-corrected chi connectivity index (χ0v) is 11.4. The van der Waals surface area contributed by atoms with Gasteiger partial charge >= 0.3 is 0 Å². The molecule has 0 aliphatic carbocycles. The number of hydrogen-bond acceptors (Lipinski definition) is 4. The first-order valence-electron chi connectivity index (χ1n) is 5.49. The van der Waals surface area contributed by atoms with Gasteiger partial charge in [-0.25, -0.2) is 0 Å². The molecule has 6 nitrogen and oxygen atoms in total. The van der Waals surface area contributed by atoms with Gasteiger partial charge in [-0.1, -0.05) is 6.08 Å². The van der Waals surface area contributed by atoms with Gasteiger partial charge in [-0.3, -0.25) is 30.7 Å². The Morgan fingerprint density at radius 1 is 1.37 bits per heavy atom. The Kier molecular flexibility index (Phi) is 5.62. The highest BCUT2D eigenvalue weighted by Gasteiger charge is 2.08. The Hall–Kier alpha value is -2.28. The number of carbonyl (C=O) groups excluding carboxylic acids is 2. The van der Waals surface area contributed by atoms with Crippen molar-refractivity contribution in [3.05, 3.63) is 41.7 Å². The number of nitrogens with one attached hydrogen (secondary N) is 3. The summed E-state index contributed by atoms with van der Waals surface area (Å²) in [6.45, 7) is 3.40. The summed E-state index contributed by atoms with van der Waals surface area (Å²) in [6.07, 6.45) is 4.64. The van der Waals surface area contributed by atoms with Crippen LogP contribution in [0, 0.1) is 0 Å². The number of thiocarbonyl (C=S) groups is 1. The minimum absolute atomic E-state index is 0.0171. The molecule has 0 saturated carbocycles. The number of hydrazine groups is 1. The minimum Gasteiger partial charge on any atom is -0.298 e. The first-order valence-corrected chi connectivity index (χ1v) is 5.90. The van der Waals surface area contributed by atoms with Gasteiger partial charge in [0.05, 0.1) is 5.56 Å². The summed E-state index contributed by atoms with van der Waals surface area (Å²) in [4.78, 5) is 26.9. The molecule has 0 saturated heterocycles. The van der Waals surface area contributed by atoms with Crippen molar-refractivity contribution in [2.45, 2.75) is 13.8 Å². The number of hydrogen-bond donors (Lipinski definition) is 3. The van der Waals surface area contributed by atoms with E-state index in [1.54, 1.807) is 38.3 Å². The van der Waals surface area contributed by atoms with Gasteiger partial charge in [-0.2, -0.15) is 0 Å². The molecule has 0 spiro atoms. The molecule has 1 rings (SSSR count).